The average Bonchev–Trinajstić information content (AvgIpc) is 3.83. The molecule has 7 amide bonds. The van der Waals surface area contributed by atoms with E-state index in [2.05, 4.69) is 36.9 Å². The molecule has 0 aliphatic carbocycles. The van der Waals surface area contributed by atoms with E-state index in [0.717, 1.165) is 10.9 Å². The number of H-pyrrole nitrogens is 1. The highest BCUT2D eigenvalue weighted by Gasteiger charge is 2.36. The Morgan fingerprint density at radius 3 is 1.56 bits per heavy atom. The summed E-state index contributed by atoms with van der Waals surface area (Å²) in [5.74, 6) is -6.73. The fourth-order valence-electron chi connectivity index (χ4n) is 8.53. The number of Topliss-reactive ketones (excluding diaryl/α,β-unsaturated/α-hetero) is 1. The Morgan fingerprint density at radius 1 is 0.597 bits per heavy atom. The van der Waals surface area contributed by atoms with Crippen LogP contribution >= 0.6 is 0 Å². The molecule has 0 bridgehead atoms. The zero-order valence-electron chi connectivity index (χ0n) is 42.9. The van der Waals surface area contributed by atoms with Gasteiger partial charge in [0.25, 0.3) is 0 Å². The number of carbonyl (C=O) groups is 9. The van der Waals surface area contributed by atoms with E-state index in [1.807, 2.05) is 18.2 Å². The highest BCUT2D eigenvalue weighted by molar-refractivity contribution is 6.41. The molecule has 77 heavy (non-hydrogen) atoms. The third-order valence-corrected chi connectivity index (χ3v) is 12.7. The van der Waals surface area contributed by atoms with Crippen LogP contribution in [-0.4, -0.2) is 124 Å². The van der Waals surface area contributed by atoms with Crippen LogP contribution < -0.4 is 49.1 Å². The maximum absolute atomic E-state index is 14.8. The predicted molar refractivity (Wildman–Crippen MR) is 288 cm³/mol. The number of unbranched alkanes of at least 4 members (excludes halogenated alkanes) is 1. The maximum atomic E-state index is 14.8. The quantitative estimate of drug-likeness (QED) is 0.0160. The molecule has 4 aromatic carbocycles. The molecule has 1 heterocycles. The molecule has 8 atom stereocenters. The summed E-state index contributed by atoms with van der Waals surface area (Å²) >= 11 is 0. The first-order chi connectivity index (χ1) is 37.0. The predicted octanol–water partition coefficient (Wildman–Crippen LogP) is 0.628. The van der Waals surface area contributed by atoms with Crippen LogP contribution in [0.15, 0.2) is 121 Å². The second-order valence-corrected chi connectivity index (χ2v) is 18.8. The number of aromatic nitrogens is 1. The SMILES string of the molecule is C[C@@H](O)[C@H](NC(=O)[C@H](CCCCN)NC(=O)[C@@H](Cc1c[nH]c2ccccc12)NC(=O)[C@H](Cc1ccccc1)NC(=O)[C@H](Cc1ccccc1)NC(=O)[C@@H](N)CC(N)=O)C(=O)N[C@@H](Cc1ccccc1)C(=O)C(=N)CCC=O. The standard InChI is InChI=1S/C56H69N11O10/c1-34(69)49(56(77)63-44(28-35-16-5-2-6-17-35)50(71)40(58)23-15-27-68)67-52(73)43(25-13-14-26-57)62-55(76)47(31-38-33-61-42-24-12-11-22-39(38)42)66-54(75)46(30-37-20-9-4-10-21-37)65-53(74)45(29-36-18-7-3-8-19-36)64-51(72)41(59)32-48(60)70/h2-12,16-22,24,27,33-34,41,43-47,49,58,61,69H,13-15,23,25-26,28-32,57,59H2,1H3,(H2,60,70)(H,62,76)(H,63,77)(H,64,72)(H,65,74)(H,66,75)(H,67,73)/t34-,41+,43+,44+,45+,46+,47-,49+/m1/s1. The highest BCUT2D eigenvalue weighted by Crippen LogP contribution is 2.20. The number of carbonyl (C=O) groups excluding carboxylic acids is 9. The molecule has 15 N–H and O–H groups in total. The van der Waals surface area contributed by atoms with E-state index in [0.29, 0.717) is 41.4 Å². The van der Waals surface area contributed by atoms with Gasteiger partial charge in [-0.05, 0) is 67.5 Å². The fraction of sp³-hybridized carbons (Fsp3) is 0.357. The molecular weight excluding hydrogens is 987 g/mol. The van der Waals surface area contributed by atoms with E-state index >= 15 is 0 Å². The van der Waals surface area contributed by atoms with Gasteiger partial charge in [-0.2, -0.15) is 0 Å². The molecule has 0 spiro atoms. The number of nitrogens with one attached hydrogen (secondary N) is 8. The smallest absolute Gasteiger partial charge is 0.245 e. The van der Waals surface area contributed by atoms with Crippen LogP contribution in [0.4, 0.5) is 0 Å². The summed E-state index contributed by atoms with van der Waals surface area (Å²) in [5, 5.41) is 36.1. The Balaban J connectivity index is 1.45. The molecule has 0 aliphatic heterocycles. The summed E-state index contributed by atoms with van der Waals surface area (Å²) in [6.07, 6.45) is 0.372. The van der Waals surface area contributed by atoms with Crippen molar-refractivity contribution in [2.45, 2.75) is 120 Å². The van der Waals surface area contributed by atoms with Crippen LogP contribution in [0.5, 0.6) is 0 Å². The number of amides is 7. The van der Waals surface area contributed by atoms with E-state index in [1.54, 1.807) is 103 Å². The lowest BCUT2D eigenvalue weighted by atomic mass is 9.97. The van der Waals surface area contributed by atoms with Crippen molar-refractivity contribution in [3.63, 3.8) is 0 Å². The van der Waals surface area contributed by atoms with E-state index in [4.69, 9.17) is 22.6 Å². The molecule has 0 aliphatic rings. The van der Waals surface area contributed by atoms with Crippen LogP contribution in [0, 0.1) is 5.41 Å². The number of ketones is 1. The molecule has 21 nitrogen and oxygen atoms in total. The van der Waals surface area contributed by atoms with Crippen LogP contribution in [0.2, 0.25) is 0 Å². The third-order valence-electron chi connectivity index (χ3n) is 12.7. The van der Waals surface area contributed by atoms with Gasteiger partial charge in [0.15, 0.2) is 5.78 Å². The van der Waals surface area contributed by atoms with Gasteiger partial charge in [0, 0.05) is 49.2 Å². The minimum Gasteiger partial charge on any atom is -0.391 e. The van der Waals surface area contributed by atoms with Gasteiger partial charge < -0.3 is 69.4 Å². The Morgan fingerprint density at radius 2 is 1.05 bits per heavy atom. The van der Waals surface area contributed by atoms with E-state index in [-0.39, 0.29) is 51.5 Å². The van der Waals surface area contributed by atoms with Crippen LogP contribution in [0.25, 0.3) is 10.9 Å². The number of benzene rings is 4. The van der Waals surface area contributed by atoms with E-state index < -0.39 is 108 Å². The topological polar surface area (TPSA) is 364 Å². The summed E-state index contributed by atoms with van der Waals surface area (Å²) in [7, 11) is 0. The molecule has 1 aromatic heterocycles. The number of aliphatic hydroxyl groups is 1. The van der Waals surface area contributed by atoms with Crippen LogP contribution in [0.1, 0.15) is 67.7 Å². The van der Waals surface area contributed by atoms with Gasteiger partial charge in [0.1, 0.15) is 36.5 Å². The van der Waals surface area contributed by atoms with Gasteiger partial charge in [0.2, 0.25) is 41.4 Å². The lowest BCUT2D eigenvalue weighted by molar-refractivity contribution is -0.136. The minimum absolute atomic E-state index is 0.00992. The first-order valence-corrected chi connectivity index (χ1v) is 25.4. The van der Waals surface area contributed by atoms with Crippen molar-refractivity contribution in [3.8, 4) is 0 Å². The Bertz CT molecular complexity index is 2810. The highest BCUT2D eigenvalue weighted by atomic mass is 16.3. The van der Waals surface area contributed by atoms with Gasteiger partial charge >= 0.3 is 0 Å². The summed E-state index contributed by atoms with van der Waals surface area (Å²) < 4.78 is 0. The van der Waals surface area contributed by atoms with E-state index in [9.17, 15) is 48.3 Å². The van der Waals surface area contributed by atoms with Crippen LogP contribution in [-0.2, 0) is 68.8 Å². The average molecular weight is 1060 g/mol. The molecule has 5 rings (SSSR count). The van der Waals surface area contributed by atoms with Gasteiger partial charge in [-0.15, -0.1) is 0 Å². The largest absolute Gasteiger partial charge is 0.391 e. The number of aldehydes is 1. The molecule has 5 aromatic rings. The van der Waals surface area contributed by atoms with Crippen molar-refractivity contribution in [3.05, 3.63) is 144 Å². The first kappa shape index (κ1) is 59.5. The lowest BCUT2D eigenvalue weighted by Gasteiger charge is -2.28. The molecule has 21 heteroatoms. The number of aromatic amines is 1. The second-order valence-electron chi connectivity index (χ2n) is 18.8. The number of primary amides is 1. The van der Waals surface area contributed by atoms with Crippen molar-refractivity contribution >= 4 is 70.0 Å². The van der Waals surface area contributed by atoms with Crippen molar-refractivity contribution in [2.24, 2.45) is 17.2 Å². The summed E-state index contributed by atoms with van der Waals surface area (Å²) in [6, 6.07) is 23.5. The van der Waals surface area contributed by atoms with Crippen molar-refractivity contribution in [1.29, 1.82) is 5.41 Å². The molecule has 408 valence electrons. The van der Waals surface area contributed by atoms with Crippen LogP contribution in [0.3, 0.4) is 0 Å². The molecule has 0 radical (unpaired) electrons. The number of para-hydroxylation sites is 1. The van der Waals surface area contributed by atoms with Gasteiger partial charge in [-0.3, -0.25) is 38.4 Å². The van der Waals surface area contributed by atoms with E-state index in [1.165, 1.54) is 6.92 Å². The Hall–Kier alpha value is -8.40. The molecule has 0 saturated heterocycles. The molecule has 0 fully saturated rings. The summed E-state index contributed by atoms with van der Waals surface area (Å²) in [5.41, 5.74) is 19.9. The normalized spacial score (nSPS) is 14.2. The van der Waals surface area contributed by atoms with Crippen molar-refractivity contribution in [2.75, 3.05) is 6.54 Å². The number of hydrogen-bond donors (Lipinski definition) is 12. The van der Waals surface area contributed by atoms with Gasteiger partial charge in [-0.1, -0.05) is 109 Å². The first-order valence-electron chi connectivity index (χ1n) is 25.4. The van der Waals surface area contributed by atoms with Gasteiger partial charge in [0.05, 0.1) is 30.3 Å². The second kappa shape index (κ2) is 30.2. The monoisotopic (exact) mass is 1060 g/mol. The number of rotatable bonds is 32. The Labute approximate surface area is 446 Å². The molecule has 0 saturated carbocycles. The van der Waals surface area contributed by atoms with Crippen molar-refractivity contribution < 1.29 is 48.3 Å². The summed E-state index contributed by atoms with van der Waals surface area (Å²) in [6.45, 7) is 1.49. The van der Waals surface area contributed by atoms with Gasteiger partial charge in [-0.25, -0.2) is 0 Å². The zero-order valence-corrected chi connectivity index (χ0v) is 42.9. The number of aliphatic hydroxyl groups excluding tert-OH is 1. The number of nitrogens with two attached hydrogens (primary N) is 3. The Kier molecular flexibility index (Phi) is 23.3. The zero-order chi connectivity index (χ0) is 55.9. The van der Waals surface area contributed by atoms with Crippen molar-refractivity contribution in [1.82, 2.24) is 36.9 Å². The lowest BCUT2D eigenvalue weighted by Crippen LogP contribution is -2.61. The number of hydrogen-bond acceptors (Lipinski definition) is 13. The number of fused-ring (bicyclic) bond motifs is 1. The maximum Gasteiger partial charge on any atom is 0.245 e. The molecule has 0 unspecified atom stereocenters. The fourth-order valence-corrected chi connectivity index (χ4v) is 8.53. The minimum atomic E-state index is -1.68. The molecular formula is C56H69N11O10. The summed E-state index contributed by atoms with van der Waals surface area (Å²) in [4.78, 5) is 125. The third kappa shape index (κ3) is 18.7.